The van der Waals surface area contributed by atoms with Crippen molar-refractivity contribution in [2.75, 3.05) is 5.43 Å². The summed E-state index contributed by atoms with van der Waals surface area (Å²) in [7, 11) is 0. The van der Waals surface area contributed by atoms with Gasteiger partial charge in [0.25, 0.3) is 0 Å². The van der Waals surface area contributed by atoms with Gasteiger partial charge in [-0.1, -0.05) is 32.9 Å². The van der Waals surface area contributed by atoms with Crippen molar-refractivity contribution in [3.05, 3.63) is 54.1 Å². The molecule has 0 aromatic heterocycles. The minimum Gasteiger partial charge on any atom is -0.457 e. The SMILES string of the molecule is CC(C)(C)c1ccc(Oc2ccc(NNC=O)cc2)cc1. The zero-order valence-electron chi connectivity index (χ0n) is 12.5. The predicted octanol–water partition coefficient (Wildman–Crippen LogP) is 3.85. The molecule has 4 heteroatoms. The lowest BCUT2D eigenvalue weighted by Crippen LogP contribution is -2.18. The van der Waals surface area contributed by atoms with Gasteiger partial charge in [0.2, 0.25) is 6.41 Å². The third kappa shape index (κ3) is 4.24. The van der Waals surface area contributed by atoms with Crippen LogP contribution < -0.4 is 15.6 Å². The monoisotopic (exact) mass is 284 g/mol. The summed E-state index contributed by atoms with van der Waals surface area (Å²) in [6, 6.07) is 15.4. The Bertz CT molecular complexity index is 584. The first-order valence-corrected chi connectivity index (χ1v) is 6.83. The fourth-order valence-electron chi connectivity index (χ4n) is 1.88. The molecular weight excluding hydrogens is 264 g/mol. The highest BCUT2D eigenvalue weighted by Gasteiger charge is 2.13. The number of hydrogen-bond donors (Lipinski definition) is 2. The van der Waals surface area contributed by atoms with Crippen LogP contribution >= 0.6 is 0 Å². The Labute approximate surface area is 125 Å². The van der Waals surface area contributed by atoms with Crippen molar-refractivity contribution < 1.29 is 9.53 Å². The zero-order valence-corrected chi connectivity index (χ0v) is 12.5. The maximum absolute atomic E-state index is 10.2. The van der Waals surface area contributed by atoms with Gasteiger partial charge >= 0.3 is 0 Å². The summed E-state index contributed by atoms with van der Waals surface area (Å²) in [5.41, 5.74) is 7.32. The van der Waals surface area contributed by atoms with Crippen LogP contribution in [-0.4, -0.2) is 6.41 Å². The fraction of sp³-hybridized carbons (Fsp3) is 0.235. The second-order valence-electron chi connectivity index (χ2n) is 5.79. The number of hydrazine groups is 1. The van der Waals surface area contributed by atoms with E-state index in [1.54, 1.807) is 0 Å². The summed E-state index contributed by atoms with van der Waals surface area (Å²) in [4.78, 5) is 10.2. The minimum absolute atomic E-state index is 0.136. The van der Waals surface area contributed by atoms with E-state index in [2.05, 4.69) is 43.8 Å². The van der Waals surface area contributed by atoms with E-state index in [0.29, 0.717) is 6.41 Å². The first-order valence-electron chi connectivity index (χ1n) is 6.83. The number of hydrogen-bond acceptors (Lipinski definition) is 3. The van der Waals surface area contributed by atoms with Gasteiger partial charge in [0.1, 0.15) is 11.5 Å². The Hall–Kier alpha value is -2.49. The summed E-state index contributed by atoms with van der Waals surface area (Å²) in [6.45, 7) is 6.55. The fourth-order valence-corrected chi connectivity index (χ4v) is 1.88. The Kier molecular flexibility index (Phi) is 4.48. The number of carbonyl (C=O) groups is 1. The summed E-state index contributed by atoms with van der Waals surface area (Å²) in [5, 5.41) is 0. The molecule has 0 aliphatic carbocycles. The van der Waals surface area contributed by atoms with Crippen LogP contribution in [-0.2, 0) is 10.2 Å². The molecule has 2 rings (SSSR count). The van der Waals surface area contributed by atoms with Crippen LogP contribution in [0.3, 0.4) is 0 Å². The molecule has 2 N–H and O–H groups in total. The molecule has 0 unspecified atom stereocenters. The maximum Gasteiger partial charge on any atom is 0.225 e. The van der Waals surface area contributed by atoms with Crippen molar-refractivity contribution in [3.63, 3.8) is 0 Å². The highest BCUT2D eigenvalue weighted by molar-refractivity contribution is 5.54. The Balaban J connectivity index is 2.02. The molecule has 0 bridgehead atoms. The smallest absolute Gasteiger partial charge is 0.225 e. The van der Waals surface area contributed by atoms with Crippen LogP contribution in [0.2, 0.25) is 0 Å². The van der Waals surface area contributed by atoms with E-state index >= 15 is 0 Å². The molecule has 0 spiro atoms. The summed E-state index contributed by atoms with van der Waals surface area (Å²) in [6.07, 6.45) is 0.585. The zero-order chi connectivity index (χ0) is 15.3. The number of amides is 1. The van der Waals surface area contributed by atoms with Crippen LogP contribution in [0.1, 0.15) is 26.3 Å². The van der Waals surface area contributed by atoms with Crippen LogP contribution in [0, 0.1) is 0 Å². The van der Waals surface area contributed by atoms with Gasteiger partial charge in [-0.25, -0.2) is 0 Å². The quantitative estimate of drug-likeness (QED) is 0.647. The molecule has 0 radical (unpaired) electrons. The Morgan fingerprint density at radius 3 is 1.90 bits per heavy atom. The number of anilines is 1. The van der Waals surface area contributed by atoms with Crippen LogP contribution in [0.4, 0.5) is 5.69 Å². The lowest BCUT2D eigenvalue weighted by Gasteiger charge is -2.19. The molecule has 0 saturated carbocycles. The van der Waals surface area contributed by atoms with E-state index in [0.717, 1.165) is 17.2 Å². The van der Waals surface area contributed by atoms with Crippen molar-refractivity contribution in [2.24, 2.45) is 0 Å². The molecule has 4 nitrogen and oxygen atoms in total. The van der Waals surface area contributed by atoms with Crippen molar-refractivity contribution in [2.45, 2.75) is 26.2 Å². The van der Waals surface area contributed by atoms with Crippen LogP contribution in [0.15, 0.2) is 48.5 Å². The number of nitrogens with one attached hydrogen (secondary N) is 2. The molecule has 0 aliphatic heterocycles. The number of benzene rings is 2. The third-order valence-corrected chi connectivity index (χ3v) is 3.09. The molecule has 0 atom stereocenters. The number of ether oxygens (including phenoxy) is 1. The van der Waals surface area contributed by atoms with Crippen molar-refractivity contribution >= 4 is 12.1 Å². The molecule has 2 aromatic rings. The highest BCUT2D eigenvalue weighted by atomic mass is 16.5. The average molecular weight is 284 g/mol. The maximum atomic E-state index is 10.2. The van der Waals surface area contributed by atoms with E-state index in [4.69, 9.17) is 4.74 Å². The Morgan fingerprint density at radius 1 is 0.905 bits per heavy atom. The summed E-state index contributed by atoms with van der Waals surface area (Å²) >= 11 is 0. The van der Waals surface area contributed by atoms with E-state index < -0.39 is 0 Å². The third-order valence-electron chi connectivity index (χ3n) is 3.09. The topological polar surface area (TPSA) is 50.4 Å². The minimum atomic E-state index is 0.136. The first-order chi connectivity index (χ1) is 9.99. The second-order valence-corrected chi connectivity index (χ2v) is 5.79. The molecule has 21 heavy (non-hydrogen) atoms. The average Bonchev–Trinajstić information content (AvgIpc) is 2.46. The summed E-state index contributed by atoms with van der Waals surface area (Å²) < 4.78 is 5.79. The highest BCUT2D eigenvalue weighted by Crippen LogP contribution is 2.27. The first kappa shape index (κ1) is 14.9. The van der Waals surface area contributed by atoms with Gasteiger partial charge < -0.3 is 4.74 Å². The molecule has 0 saturated heterocycles. The summed E-state index contributed by atoms with van der Waals surface area (Å²) in [5.74, 6) is 1.55. The van der Waals surface area contributed by atoms with Gasteiger partial charge in [0.05, 0.1) is 5.69 Å². The van der Waals surface area contributed by atoms with E-state index in [1.807, 2.05) is 36.4 Å². The van der Waals surface area contributed by atoms with E-state index in [9.17, 15) is 4.79 Å². The van der Waals surface area contributed by atoms with Crippen LogP contribution in [0.5, 0.6) is 11.5 Å². The number of rotatable bonds is 5. The number of carbonyl (C=O) groups excluding carboxylic acids is 1. The standard InChI is InChI=1S/C17H20N2O2/c1-17(2,3)13-4-8-15(9-5-13)21-16-10-6-14(7-11-16)19-18-12-20/h4-12,19H,1-3H3,(H,18,20). The molecular formula is C17H20N2O2. The van der Waals surface area contributed by atoms with Gasteiger partial charge in [-0.2, -0.15) is 0 Å². The second kappa shape index (κ2) is 6.31. The van der Waals surface area contributed by atoms with Gasteiger partial charge in [0.15, 0.2) is 0 Å². The lowest BCUT2D eigenvalue weighted by molar-refractivity contribution is -0.109. The van der Waals surface area contributed by atoms with Crippen molar-refractivity contribution in [1.29, 1.82) is 0 Å². The van der Waals surface area contributed by atoms with Gasteiger partial charge in [-0.05, 0) is 47.4 Å². The predicted molar refractivity (Wildman–Crippen MR) is 84.5 cm³/mol. The van der Waals surface area contributed by atoms with Gasteiger partial charge in [-0.3, -0.25) is 15.6 Å². The van der Waals surface area contributed by atoms with Gasteiger partial charge in [-0.15, -0.1) is 0 Å². The normalized spacial score (nSPS) is 10.8. The van der Waals surface area contributed by atoms with Crippen LogP contribution in [0.25, 0.3) is 0 Å². The molecule has 0 heterocycles. The molecule has 1 amide bonds. The Morgan fingerprint density at radius 2 is 1.43 bits per heavy atom. The molecule has 2 aromatic carbocycles. The molecule has 0 fully saturated rings. The van der Waals surface area contributed by atoms with E-state index in [-0.39, 0.29) is 5.41 Å². The molecule has 0 aliphatic rings. The van der Waals surface area contributed by atoms with Crippen molar-refractivity contribution in [3.8, 4) is 11.5 Å². The van der Waals surface area contributed by atoms with Crippen molar-refractivity contribution in [1.82, 2.24) is 5.43 Å². The van der Waals surface area contributed by atoms with Gasteiger partial charge in [0, 0.05) is 0 Å². The lowest BCUT2D eigenvalue weighted by atomic mass is 9.87. The molecule has 110 valence electrons. The van der Waals surface area contributed by atoms with E-state index in [1.165, 1.54) is 5.56 Å². The largest absolute Gasteiger partial charge is 0.457 e.